The van der Waals surface area contributed by atoms with Crippen LogP contribution in [0.15, 0.2) is 18.2 Å². The molecular weight excluding hydrogens is 222 g/mol. The maximum atomic E-state index is 6.15. The first kappa shape index (κ1) is 12.0. The van der Waals surface area contributed by atoms with Crippen LogP contribution in [0.3, 0.4) is 0 Å². The molecule has 1 atom stereocenters. The number of rotatable bonds is 2. The highest BCUT2D eigenvalue weighted by Gasteiger charge is 2.20. The van der Waals surface area contributed by atoms with Gasteiger partial charge in [0.15, 0.2) is 0 Å². The zero-order valence-corrected chi connectivity index (χ0v) is 11.0. The van der Waals surface area contributed by atoms with Crippen LogP contribution in [0.2, 0.25) is 0 Å². The van der Waals surface area contributed by atoms with E-state index in [1.165, 1.54) is 49.7 Å². The fraction of sp³-hybridized carbons (Fsp3) is 0.625. The number of hydrogen-bond acceptors (Lipinski definition) is 2. The molecule has 2 aliphatic carbocycles. The lowest BCUT2D eigenvalue weighted by atomic mass is 10.1. The molecule has 0 aromatic heterocycles. The van der Waals surface area contributed by atoms with E-state index < -0.39 is 0 Å². The smallest absolute Gasteiger partial charge is 0.120 e. The van der Waals surface area contributed by atoms with Crippen LogP contribution in [-0.4, -0.2) is 6.10 Å². The highest BCUT2D eigenvalue weighted by atomic mass is 16.5. The molecule has 2 aliphatic rings. The lowest BCUT2D eigenvalue weighted by Gasteiger charge is -2.17. The third-order valence-corrected chi connectivity index (χ3v) is 4.34. The Balaban J connectivity index is 1.69. The first-order valence-corrected chi connectivity index (χ1v) is 7.38. The first-order valence-electron chi connectivity index (χ1n) is 7.38. The molecule has 2 N–H and O–H groups in total. The largest absolute Gasteiger partial charge is 0.490 e. The van der Waals surface area contributed by atoms with Gasteiger partial charge in [0.25, 0.3) is 0 Å². The maximum absolute atomic E-state index is 6.15. The molecule has 18 heavy (non-hydrogen) atoms. The predicted molar refractivity (Wildman–Crippen MR) is 73.8 cm³/mol. The molecular formula is C16H23NO. The zero-order chi connectivity index (χ0) is 12.4. The van der Waals surface area contributed by atoms with Crippen LogP contribution in [-0.2, 0) is 6.42 Å². The number of benzene rings is 1. The molecule has 1 aromatic carbocycles. The molecule has 98 valence electrons. The van der Waals surface area contributed by atoms with Gasteiger partial charge in [0.1, 0.15) is 5.75 Å². The van der Waals surface area contributed by atoms with Crippen molar-refractivity contribution in [1.82, 2.24) is 0 Å². The van der Waals surface area contributed by atoms with Gasteiger partial charge in [-0.2, -0.15) is 0 Å². The highest BCUT2D eigenvalue weighted by molar-refractivity contribution is 5.40. The van der Waals surface area contributed by atoms with E-state index in [1.54, 1.807) is 0 Å². The molecule has 0 bridgehead atoms. The average Bonchev–Trinajstić information content (AvgIpc) is 2.60. The fourth-order valence-corrected chi connectivity index (χ4v) is 3.25. The molecule has 1 aromatic rings. The van der Waals surface area contributed by atoms with E-state index in [4.69, 9.17) is 10.5 Å². The van der Waals surface area contributed by atoms with Crippen LogP contribution in [0.1, 0.15) is 62.1 Å². The van der Waals surface area contributed by atoms with E-state index in [0.717, 1.165) is 18.6 Å². The van der Waals surface area contributed by atoms with E-state index >= 15 is 0 Å². The molecule has 0 spiro atoms. The minimum absolute atomic E-state index is 0.243. The van der Waals surface area contributed by atoms with Crippen LogP contribution in [0.5, 0.6) is 5.75 Å². The van der Waals surface area contributed by atoms with Crippen molar-refractivity contribution >= 4 is 0 Å². The normalized spacial score (nSPS) is 24.6. The minimum atomic E-state index is 0.243. The van der Waals surface area contributed by atoms with Crippen molar-refractivity contribution < 1.29 is 4.74 Å². The quantitative estimate of drug-likeness (QED) is 0.806. The van der Waals surface area contributed by atoms with Crippen molar-refractivity contribution in [1.29, 1.82) is 0 Å². The summed E-state index contributed by atoms with van der Waals surface area (Å²) >= 11 is 0. The van der Waals surface area contributed by atoms with Crippen molar-refractivity contribution in [2.45, 2.75) is 63.5 Å². The second-order valence-corrected chi connectivity index (χ2v) is 5.74. The van der Waals surface area contributed by atoms with E-state index in [1.807, 2.05) is 0 Å². The topological polar surface area (TPSA) is 35.2 Å². The van der Waals surface area contributed by atoms with Gasteiger partial charge in [-0.15, -0.1) is 0 Å². The molecule has 1 saturated carbocycles. The molecule has 1 fully saturated rings. The molecule has 0 heterocycles. The SMILES string of the molecule is N[C@H]1CCc2cc(OC3CCCCCC3)ccc21. The summed E-state index contributed by atoms with van der Waals surface area (Å²) in [6, 6.07) is 6.73. The number of fused-ring (bicyclic) bond motifs is 1. The molecule has 3 rings (SSSR count). The van der Waals surface area contributed by atoms with Crippen molar-refractivity contribution in [2.24, 2.45) is 5.73 Å². The van der Waals surface area contributed by atoms with Gasteiger partial charge in [-0.25, -0.2) is 0 Å². The predicted octanol–water partition coefficient (Wildman–Crippen LogP) is 3.73. The van der Waals surface area contributed by atoms with E-state index in [-0.39, 0.29) is 6.04 Å². The molecule has 0 unspecified atom stereocenters. The Morgan fingerprint density at radius 1 is 1.00 bits per heavy atom. The second-order valence-electron chi connectivity index (χ2n) is 5.74. The number of hydrogen-bond donors (Lipinski definition) is 1. The van der Waals surface area contributed by atoms with Gasteiger partial charge in [0.2, 0.25) is 0 Å². The third-order valence-electron chi connectivity index (χ3n) is 4.34. The van der Waals surface area contributed by atoms with Crippen LogP contribution < -0.4 is 10.5 Å². The van der Waals surface area contributed by atoms with Crippen molar-refractivity contribution in [3.05, 3.63) is 29.3 Å². The summed E-state index contributed by atoms with van der Waals surface area (Å²) in [5.74, 6) is 1.05. The van der Waals surface area contributed by atoms with Crippen molar-refractivity contribution in [3.8, 4) is 5.75 Å². The van der Waals surface area contributed by atoms with Crippen molar-refractivity contribution in [2.75, 3.05) is 0 Å². The fourth-order valence-electron chi connectivity index (χ4n) is 3.25. The summed E-state index contributed by atoms with van der Waals surface area (Å²) < 4.78 is 6.15. The van der Waals surface area contributed by atoms with E-state index in [9.17, 15) is 0 Å². The van der Waals surface area contributed by atoms with Gasteiger partial charge < -0.3 is 10.5 Å². The molecule has 0 amide bonds. The zero-order valence-electron chi connectivity index (χ0n) is 11.0. The molecule has 0 radical (unpaired) electrons. The Morgan fingerprint density at radius 2 is 1.78 bits per heavy atom. The van der Waals surface area contributed by atoms with Gasteiger partial charge in [0.05, 0.1) is 6.10 Å². The van der Waals surface area contributed by atoms with Gasteiger partial charge in [-0.3, -0.25) is 0 Å². The molecule has 2 heteroatoms. The summed E-state index contributed by atoms with van der Waals surface area (Å²) in [7, 11) is 0. The van der Waals surface area contributed by atoms with Crippen LogP contribution in [0, 0.1) is 0 Å². The number of aryl methyl sites for hydroxylation is 1. The molecule has 0 aliphatic heterocycles. The third kappa shape index (κ3) is 2.54. The van der Waals surface area contributed by atoms with E-state index in [2.05, 4.69) is 18.2 Å². The second kappa shape index (κ2) is 5.31. The van der Waals surface area contributed by atoms with Crippen molar-refractivity contribution in [3.63, 3.8) is 0 Å². The van der Waals surface area contributed by atoms with Gasteiger partial charge in [0, 0.05) is 6.04 Å². The lowest BCUT2D eigenvalue weighted by Crippen LogP contribution is -2.15. The Labute approximate surface area is 110 Å². The van der Waals surface area contributed by atoms with Gasteiger partial charge in [-0.05, 0) is 61.8 Å². The molecule has 2 nitrogen and oxygen atoms in total. The molecule has 0 saturated heterocycles. The number of ether oxygens (including phenoxy) is 1. The summed E-state index contributed by atoms with van der Waals surface area (Å²) in [5, 5.41) is 0. The summed E-state index contributed by atoms with van der Waals surface area (Å²) in [5.41, 5.74) is 8.78. The Hall–Kier alpha value is -1.02. The standard InChI is InChI=1S/C16H23NO/c17-16-10-7-12-11-14(8-9-15(12)16)18-13-5-3-1-2-4-6-13/h8-9,11,13,16H,1-7,10,17H2/t16-/m0/s1. The monoisotopic (exact) mass is 245 g/mol. The highest BCUT2D eigenvalue weighted by Crippen LogP contribution is 2.33. The number of nitrogens with two attached hydrogens (primary N) is 1. The van der Waals surface area contributed by atoms with Crippen LogP contribution in [0.4, 0.5) is 0 Å². The average molecular weight is 245 g/mol. The first-order chi connectivity index (χ1) is 8.83. The minimum Gasteiger partial charge on any atom is -0.490 e. The summed E-state index contributed by atoms with van der Waals surface area (Å²) in [4.78, 5) is 0. The summed E-state index contributed by atoms with van der Waals surface area (Å²) in [6.07, 6.45) is 10.5. The Kier molecular flexibility index (Phi) is 3.55. The Morgan fingerprint density at radius 3 is 2.56 bits per heavy atom. The maximum Gasteiger partial charge on any atom is 0.120 e. The summed E-state index contributed by atoms with van der Waals surface area (Å²) in [6.45, 7) is 0. The van der Waals surface area contributed by atoms with E-state index in [0.29, 0.717) is 6.10 Å². The lowest BCUT2D eigenvalue weighted by molar-refractivity contribution is 0.183. The van der Waals surface area contributed by atoms with Gasteiger partial charge >= 0.3 is 0 Å². The van der Waals surface area contributed by atoms with Gasteiger partial charge in [-0.1, -0.05) is 18.9 Å². The van der Waals surface area contributed by atoms with Crippen LogP contribution in [0.25, 0.3) is 0 Å². The van der Waals surface area contributed by atoms with Crippen LogP contribution >= 0.6 is 0 Å². The Bertz CT molecular complexity index is 408.